The van der Waals surface area contributed by atoms with Crippen molar-refractivity contribution in [3.8, 4) is 0 Å². The molecule has 1 saturated heterocycles. The molecule has 1 heterocycles. The molecule has 0 saturated carbocycles. The standard InChI is InChI=1S/C7H17N2.ClH/c1-7-6-8-4-5-9(7,2)3;/h7-8H,4-6H2,1-3H3;1H/q+1;/p-1. The Balaban J connectivity index is 0.000000810. The molecule has 0 radical (unpaired) electrons. The summed E-state index contributed by atoms with van der Waals surface area (Å²) in [6.45, 7) is 5.91. The zero-order chi connectivity index (χ0) is 6.91. The number of rotatable bonds is 0. The zero-order valence-electron chi connectivity index (χ0n) is 7.02. The first-order valence-corrected chi connectivity index (χ1v) is 3.66. The number of quaternary nitrogens is 1. The van der Waals surface area contributed by atoms with Gasteiger partial charge in [-0.05, 0) is 6.92 Å². The summed E-state index contributed by atoms with van der Waals surface area (Å²) in [5.41, 5.74) is 0. The Morgan fingerprint density at radius 3 is 2.30 bits per heavy atom. The van der Waals surface area contributed by atoms with E-state index in [-0.39, 0.29) is 12.4 Å². The highest BCUT2D eigenvalue weighted by atomic mass is 35.5. The van der Waals surface area contributed by atoms with Crippen LogP contribution < -0.4 is 17.7 Å². The highest BCUT2D eigenvalue weighted by Crippen LogP contribution is 2.07. The number of hydrogen-bond acceptors (Lipinski definition) is 1. The first kappa shape index (κ1) is 10.2. The van der Waals surface area contributed by atoms with Gasteiger partial charge < -0.3 is 22.2 Å². The van der Waals surface area contributed by atoms with Gasteiger partial charge >= 0.3 is 0 Å². The summed E-state index contributed by atoms with van der Waals surface area (Å²) in [5.74, 6) is 0. The van der Waals surface area contributed by atoms with Crippen LogP contribution in [0.1, 0.15) is 6.92 Å². The van der Waals surface area contributed by atoms with Crippen LogP contribution in [0.15, 0.2) is 0 Å². The minimum atomic E-state index is 0. The van der Waals surface area contributed by atoms with Gasteiger partial charge in [0.25, 0.3) is 0 Å². The largest absolute Gasteiger partial charge is 1.00 e. The first-order valence-electron chi connectivity index (χ1n) is 3.66. The van der Waals surface area contributed by atoms with Crippen molar-refractivity contribution >= 4 is 0 Å². The Bertz CT molecular complexity index is 104. The molecular weight excluding hydrogens is 148 g/mol. The second-order valence-electron chi connectivity index (χ2n) is 3.56. The highest BCUT2D eigenvalue weighted by molar-refractivity contribution is 4.61. The van der Waals surface area contributed by atoms with Crippen molar-refractivity contribution in [2.45, 2.75) is 13.0 Å². The molecule has 1 aliphatic rings. The van der Waals surface area contributed by atoms with Crippen LogP contribution in [0.4, 0.5) is 0 Å². The molecule has 1 rings (SSSR count). The van der Waals surface area contributed by atoms with Crippen LogP contribution in [0.5, 0.6) is 0 Å². The molecule has 0 bridgehead atoms. The van der Waals surface area contributed by atoms with Crippen molar-refractivity contribution in [3.63, 3.8) is 0 Å². The number of halogens is 1. The van der Waals surface area contributed by atoms with Gasteiger partial charge in [-0.25, -0.2) is 0 Å². The molecule has 10 heavy (non-hydrogen) atoms. The lowest BCUT2D eigenvalue weighted by molar-refractivity contribution is -0.914. The fourth-order valence-electron chi connectivity index (χ4n) is 1.15. The first-order chi connectivity index (χ1) is 4.13. The van der Waals surface area contributed by atoms with Gasteiger partial charge in [-0.15, -0.1) is 0 Å². The molecule has 1 fully saturated rings. The molecular formula is C7H17ClN2. The van der Waals surface area contributed by atoms with Gasteiger partial charge in [-0.2, -0.15) is 0 Å². The van der Waals surface area contributed by atoms with Crippen molar-refractivity contribution in [2.75, 3.05) is 33.7 Å². The van der Waals surface area contributed by atoms with E-state index in [1.165, 1.54) is 24.1 Å². The molecule has 0 aromatic rings. The van der Waals surface area contributed by atoms with Crippen molar-refractivity contribution < 1.29 is 16.9 Å². The van der Waals surface area contributed by atoms with Gasteiger partial charge in [0.05, 0.1) is 26.7 Å². The van der Waals surface area contributed by atoms with Crippen molar-refractivity contribution in [2.24, 2.45) is 0 Å². The lowest BCUT2D eigenvalue weighted by Gasteiger charge is -2.40. The maximum Gasteiger partial charge on any atom is 0.0984 e. The van der Waals surface area contributed by atoms with Crippen LogP contribution in [0.25, 0.3) is 0 Å². The third kappa shape index (κ3) is 2.11. The molecule has 0 aromatic heterocycles. The molecule has 0 aromatic carbocycles. The van der Waals surface area contributed by atoms with E-state index in [9.17, 15) is 0 Å². The number of nitrogens with zero attached hydrogens (tertiary/aromatic N) is 1. The molecule has 1 N–H and O–H groups in total. The molecule has 0 spiro atoms. The Labute approximate surface area is 69.6 Å². The third-order valence-electron chi connectivity index (χ3n) is 2.50. The molecule has 3 heteroatoms. The Kier molecular flexibility index (Phi) is 3.63. The fourth-order valence-corrected chi connectivity index (χ4v) is 1.15. The summed E-state index contributed by atoms with van der Waals surface area (Å²) < 4.78 is 1.17. The second kappa shape index (κ2) is 3.56. The molecule has 1 unspecified atom stereocenters. The van der Waals surface area contributed by atoms with E-state index in [0.717, 1.165) is 6.04 Å². The van der Waals surface area contributed by atoms with E-state index in [0.29, 0.717) is 0 Å². The average Bonchev–Trinajstić information content (AvgIpc) is 1.77. The van der Waals surface area contributed by atoms with Crippen LogP contribution >= 0.6 is 0 Å². The Morgan fingerprint density at radius 1 is 1.40 bits per heavy atom. The van der Waals surface area contributed by atoms with Crippen molar-refractivity contribution in [1.82, 2.24) is 5.32 Å². The van der Waals surface area contributed by atoms with Crippen LogP contribution in [0.3, 0.4) is 0 Å². The normalized spacial score (nSPS) is 30.9. The number of hydrogen-bond donors (Lipinski definition) is 1. The van der Waals surface area contributed by atoms with E-state index >= 15 is 0 Å². The van der Waals surface area contributed by atoms with Gasteiger partial charge in [0, 0.05) is 13.1 Å². The van der Waals surface area contributed by atoms with Gasteiger partial charge in [-0.3, -0.25) is 0 Å². The van der Waals surface area contributed by atoms with Gasteiger partial charge in [0.2, 0.25) is 0 Å². The predicted molar refractivity (Wildman–Crippen MR) is 39.3 cm³/mol. The molecule has 0 aliphatic carbocycles. The predicted octanol–water partition coefficient (Wildman–Crippen LogP) is -2.94. The molecule has 2 nitrogen and oxygen atoms in total. The molecule has 62 valence electrons. The topological polar surface area (TPSA) is 12.0 Å². The summed E-state index contributed by atoms with van der Waals surface area (Å²) in [6, 6.07) is 0.777. The summed E-state index contributed by atoms with van der Waals surface area (Å²) in [5, 5.41) is 3.37. The highest BCUT2D eigenvalue weighted by Gasteiger charge is 2.26. The summed E-state index contributed by atoms with van der Waals surface area (Å²) in [6.07, 6.45) is 0. The Morgan fingerprint density at radius 2 is 2.00 bits per heavy atom. The lowest BCUT2D eigenvalue weighted by Crippen LogP contribution is -3.00. The van der Waals surface area contributed by atoms with Gasteiger partial charge in [0.15, 0.2) is 0 Å². The maximum absolute atomic E-state index is 3.37. The van der Waals surface area contributed by atoms with Crippen molar-refractivity contribution in [3.05, 3.63) is 0 Å². The Hall–Kier alpha value is 0.210. The number of nitrogens with one attached hydrogen (secondary N) is 1. The maximum atomic E-state index is 3.37. The smallest absolute Gasteiger partial charge is 0.0984 e. The van der Waals surface area contributed by atoms with E-state index in [4.69, 9.17) is 0 Å². The van der Waals surface area contributed by atoms with E-state index in [2.05, 4.69) is 26.3 Å². The zero-order valence-corrected chi connectivity index (χ0v) is 7.78. The monoisotopic (exact) mass is 164 g/mol. The van der Waals surface area contributed by atoms with E-state index < -0.39 is 0 Å². The van der Waals surface area contributed by atoms with Crippen LogP contribution in [-0.4, -0.2) is 44.3 Å². The molecule has 1 atom stereocenters. The van der Waals surface area contributed by atoms with Crippen molar-refractivity contribution in [1.29, 1.82) is 0 Å². The van der Waals surface area contributed by atoms with Gasteiger partial charge in [0.1, 0.15) is 0 Å². The quantitative estimate of drug-likeness (QED) is 0.378. The summed E-state index contributed by atoms with van der Waals surface area (Å²) >= 11 is 0. The molecule has 0 amide bonds. The van der Waals surface area contributed by atoms with E-state index in [1.54, 1.807) is 0 Å². The summed E-state index contributed by atoms with van der Waals surface area (Å²) in [4.78, 5) is 0. The second-order valence-corrected chi connectivity index (χ2v) is 3.56. The number of piperazine rings is 1. The lowest BCUT2D eigenvalue weighted by atomic mass is 10.2. The SMILES string of the molecule is CC1CNCC[N+]1(C)C.[Cl-]. The minimum absolute atomic E-state index is 0. The average molecular weight is 165 g/mol. The van der Waals surface area contributed by atoms with Gasteiger partial charge in [-0.1, -0.05) is 0 Å². The van der Waals surface area contributed by atoms with E-state index in [1.807, 2.05) is 0 Å². The minimum Gasteiger partial charge on any atom is -1.00 e. The molecule has 1 aliphatic heterocycles. The number of likely N-dealkylation sites (N-methyl/N-ethyl adjacent to an activating group) is 1. The van der Waals surface area contributed by atoms with Crippen LogP contribution in [-0.2, 0) is 0 Å². The fraction of sp³-hybridized carbons (Fsp3) is 1.00. The van der Waals surface area contributed by atoms with Crippen LogP contribution in [0.2, 0.25) is 0 Å². The van der Waals surface area contributed by atoms with Crippen LogP contribution in [0, 0.1) is 0 Å². The summed E-state index contributed by atoms with van der Waals surface area (Å²) in [7, 11) is 4.59. The third-order valence-corrected chi connectivity index (χ3v) is 2.50.